The van der Waals surface area contributed by atoms with Crippen LogP contribution in [0.1, 0.15) is 18.5 Å². The summed E-state index contributed by atoms with van der Waals surface area (Å²) >= 11 is 0. The number of hydrogen-bond donors (Lipinski definition) is 1. The molecule has 9 heteroatoms. The summed E-state index contributed by atoms with van der Waals surface area (Å²) in [4.78, 5) is 54.7. The highest BCUT2D eigenvalue weighted by molar-refractivity contribution is 6.08. The number of fused-ring (bicyclic) bond motifs is 5. The third-order valence-electron chi connectivity index (χ3n) is 5.66. The van der Waals surface area contributed by atoms with Gasteiger partial charge in [0.15, 0.2) is 0 Å². The van der Waals surface area contributed by atoms with Gasteiger partial charge in [-0.1, -0.05) is 18.2 Å². The number of likely N-dealkylation sites (tertiary alicyclic amines) is 1. The summed E-state index contributed by atoms with van der Waals surface area (Å²) in [6.07, 6.45) is 3.33. The minimum atomic E-state index is -1.02. The van der Waals surface area contributed by atoms with Crippen molar-refractivity contribution in [2.45, 2.75) is 31.5 Å². The molecular weight excluding hydrogens is 378 g/mol. The molecule has 3 aliphatic rings. The summed E-state index contributed by atoms with van der Waals surface area (Å²) in [5.74, 6) is -2.77. The zero-order valence-electron chi connectivity index (χ0n) is 16.1. The Labute approximate surface area is 167 Å². The second-order valence-corrected chi connectivity index (χ2v) is 7.45. The summed E-state index contributed by atoms with van der Waals surface area (Å²) in [6, 6.07) is 5.32. The quantitative estimate of drug-likeness (QED) is 0.423. The topological polar surface area (TPSA) is 115 Å². The summed E-state index contributed by atoms with van der Waals surface area (Å²) in [5.41, 5.74) is -0.240. The molecule has 3 amide bonds. The van der Waals surface area contributed by atoms with E-state index in [0.717, 1.165) is 10.6 Å². The Morgan fingerprint density at radius 1 is 1.31 bits per heavy atom. The van der Waals surface area contributed by atoms with Crippen molar-refractivity contribution < 1.29 is 28.7 Å². The number of nitrogens with one attached hydrogen (secondary N) is 1. The summed E-state index contributed by atoms with van der Waals surface area (Å²) in [5, 5.41) is 2.73. The zero-order chi connectivity index (χ0) is 20.8. The lowest BCUT2D eigenvalue weighted by Crippen LogP contribution is -2.42. The van der Waals surface area contributed by atoms with E-state index in [9.17, 15) is 19.2 Å². The number of anilines is 1. The lowest BCUT2D eigenvalue weighted by Gasteiger charge is -2.28. The predicted octanol–water partition coefficient (Wildman–Crippen LogP) is 0.590. The normalized spacial score (nSPS) is 29.3. The molecule has 29 heavy (non-hydrogen) atoms. The third-order valence-corrected chi connectivity index (χ3v) is 5.66. The number of amides is 3. The number of methoxy groups -OCH3 is 1. The molecule has 4 heterocycles. The highest BCUT2D eigenvalue weighted by Gasteiger charge is 2.67. The van der Waals surface area contributed by atoms with Gasteiger partial charge in [-0.15, -0.1) is 0 Å². The number of nitrogens with zero attached hydrogens (tertiary/aromatic N) is 2. The fourth-order valence-corrected chi connectivity index (χ4v) is 4.33. The second kappa shape index (κ2) is 7.07. The number of ether oxygens (including phenoxy) is 2. The number of aromatic nitrogens is 1. The molecule has 152 valence electrons. The van der Waals surface area contributed by atoms with E-state index in [1.54, 1.807) is 24.3 Å². The summed E-state index contributed by atoms with van der Waals surface area (Å²) in [6.45, 7) is 1.41. The molecule has 2 fully saturated rings. The lowest BCUT2D eigenvalue weighted by molar-refractivity contribution is -0.153. The first kappa shape index (κ1) is 19.3. The Bertz CT molecular complexity index is 929. The molecule has 4 atom stereocenters. The SMILES string of the molecule is COC(=O)CN1C(=O)[C@H]2[C@@H]3C=C[C@@](CCC(=O)Nc4cccc(C)n4)(O3)[C@H]2C1=O. The van der Waals surface area contributed by atoms with E-state index < -0.39 is 47.9 Å². The number of rotatable bonds is 6. The van der Waals surface area contributed by atoms with Crippen molar-refractivity contribution in [3.63, 3.8) is 0 Å². The van der Waals surface area contributed by atoms with Crippen molar-refractivity contribution >= 4 is 29.5 Å². The maximum absolute atomic E-state index is 12.9. The van der Waals surface area contributed by atoms with Gasteiger partial charge >= 0.3 is 5.97 Å². The van der Waals surface area contributed by atoms with Crippen LogP contribution in [0.15, 0.2) is 30.4 Å². The van der Waals surface area contributed by atoms with Crippen molar-refractivity contribution in [1.82, 2.24) is 9.88 Å². The molecule has 0 aliphatic carbocycles. The van der Waals surface area contributed by atoms with Gasteiger partial charge in [0.2, 0.25) is 17.7 Å². The molecule has 1 aromatic rings. The van der Waals surface area contributed by atoms with Crippen LogP contribution in [-0.2, 0) is 28.7 Å². The van der Waals surface area contributed by atoms with Crippen LogP contribution < -0.4 is 5.32 Å². The fraction of sp³-hybridized carbons (Fsp3) is 0.450. The van der Waals surface area contributed by atoms with E-state index in [0.29, 0.717) is 5.82 Å². The largest absolute Gasteiger partial charge is 0.468 e. The van der Waals surface area contributed by atoms with Crippen LogP contribution in [0.5, 0.6) is 0 Å². The van der Waals surface area contributed by atoms with Crippen LogP contribution in [0, 0.1) is 18.8 Å². The number of hydrogen-bond acceptors (Lipinski definition) is 7. The first-order chi connectivity index (χ1) is 13.8. The Morgan fingerprint density at radius 3 is 2.83 bits per heavy atom. The number of imide groups is 1. The minimum Gasteiger partial charge on any atom is -0.468 e. The van der Waals surface area contributed by atoms with Crippen molar-refractivity contribution in [3.05, 3.63) is 36.0 Å². The van der Waals surface area contributed by atoms with Crippen molar-refractivity contribution in [3.8, 4) is 0 Å². The maximum Gasteiger partial charge on any atom is 0.325 e. The van der Waals surface area contributed by atoms with E-state index in [-0.39, 0.29) is 18.7 Å². The molecule has 3 aliphatic heterocycles. The van der Waals surface area contributed by atoms with Gasteiger partial charge in [0.25, 0.3) is 0 Å². The molecule has 0 unspecified atom stereocenters. The van der Waals surface area contributed by atoms with Gasteiger partial charge in [-0.3, -0.25) is 24.1 Å². The molecule has 0 radical (unpaired) electrons. The van der Waals surface area contributed by atoms with Crippen molar-refractivity contribution in [2.75, 3.05) is 19.0 Å². The highest BCUT2D eigenvalue weighted by Crippen LogP contribution is 2.53. The molecule has 0 saturated carbocycles. The van der Waals surface area contributed by atoms with E-state index in [1.807, 2.05) is 13.0 Å². The van der Waals surface area contributed by atoms with E-state index in [4.69, 9.17) is 4.74 Å². The standard InChI is InChI=1S/C20H21N3O6/c1-11-4-3-5-13(21-11)22-14(24)7-9-20-8-6-12(29-20)16-17(20)19(27)23(18(16)26)10-15(25)28-2/h3-6,8,12,16-17H,7,9-10H2,1-2H3,(H,21,22,24)/t12-,16-,17+,20-/m0/s1. The average Bonchev–Trinajstić information content (AvgIpc) is 3.33. The maximum atomic E-state index is 12.9. The van der Waals surface area contributed by atoms with Gasteiger partial charge in [-0.2, -0.15) is 0 Å². The summed E-state index contributed by atoms with van der Waals surface area (Å²) in [7, 11) is 1.20. The lowest BCUT2D eigenvalue weighted by atomic mass is 9.75. The first-order valence-electron chi connectivity index (χ1n) is 9.37. The van der Waals surface area contributed by atoms with Crippen LogP contribution in [0.3, 0.4) is 0 Å². The number of carbonyl (C=O) groups excluding carboxylic acids is 4. The van der Waals surface area contributed by atoms with Crippen LogP contribution in [0.2, 0.25) is 0 Å². The Balaban J connectivity index is 1.46. The predicted molar refractivity (Wildman–Crippen MR) is 99.3 cm³/mol. The molecule has 2 saturated heterocycles. The van der Waals surface area contributed by atoms with Crippen LogP contribution in [-0.4, -0.2) is 58.9 Å². The van der Waals surface area contributed by atoms with E-state index in [1.165, 1.54) is 7.11 Å². The van der Waals surface area contributed by atoms with Gasteiger partial charge < -0.3 is 14.8 Å². The monoisotopic (exact) mass is 399 g/mol. The third kappa shape index (κ3) is 3.21. The van der Waals surface area contributed by atoms with Crippen molar-refractivity contribution in [1.29, 1.82) is 0 Å². The number of pyridine rings is 1. The van der Waals surface area contributed by atoms with Gasteiger partial charge in [-0.25, -0.2) is 4.98 Å². The molecule has 0 spiro atoms. The second-order valence-electron chi connectivity index (χ2n) is 7.45. The Morgan fingerprint density at radius 2 is 2.10 bits per heavy atom. The van der Waals surface area contributed by atoms with Gasteiger partial charge in [-0.05, 0) is 25.5 Å². The Kier molecular flexibility index (Phi) is 4.70. The molecule has 0 aromatic carbocycles. The molecule has 1 aromatic heterocycles. The smallest absolute Gasteiger partial charge is 0.325 e. The minimum absolute atomic E-state index is 0.0916. The van der Waals surface area contributed by atoms with Gasteiger partial charge in [0.1, 0.15) is 18.0 Å². The molecular formula is C20H21N3O6. The van der Waals surface area contributed by atoms with Crippen LogP contribution in [0.4, 0.5) is 5.82 Å². The molecule has 9 nitrogen and oxygen atoms in total. The number of aryl methyl sites for hydroxylation is 1. The van der Waals surface area contributed by atoms with Crippen LogP contribution >= 0.6 is 0 Å². The van der Waals surface area contributed by atoms with Crippen LogP contribution in [0.25, 0.3) is 0 Å². The highest BCUT2D eigenvalue weighted by atomic mass is 16.5. The number of carbonyl (C=O) groups is 4. The molecule has 4 rings (SSSR count). The van der Waals surface area contributed by atoms with E-state index in [2.05, 4.69) is 15.0 Å². The molecule has 2 bridgehead atoms. The number of esters is 1. The van der Waals surface area contributed by atoms with Crippen molar-refractivity contribution in [2.24, 2.45) is 11.8 Å². The fourth-order valence-electron chi connectivity index (χ4n) is 4.33. The van der Waals surface area contributed by atoms with Gasteiger partial charge in [0.05, 0.1) is 25.0 Å². The zero-order valence-corrected chi connectivity index (χ0v) is 16.1. The van der Waals surface area contributed by atoms with Gasteiger partial charge in [0, 0.05) is 12.1 Å². The molecule has 1 N–H and O–H groups in total. The first-order valence-corrected chi connectivity index (χ1v) is 9.37. The summed E-state index contributed by atoms with van der Waals surface area (Å²) < 4.78 is 10.6. The average molecular weight is 399 g/mol. The van der Waals surface area contributed by atoms with E-state index >= 15 is 0 Å². The Hall–Kier alpha value is -3.07.